The van der Waals surface area contributed by atoms with Gasteiger partial charge in [0.25, 0.3) is 0 Å². The van der Waals surface area contributed by atoms with Crippen LogP contribution in [0.3, 0.4) is 0 Å². The monoisotopic (exact) mass is 489 g/mol. The van der Waals surface area contributed by atoms with Crippen molar-refractivity contribution in [3.8, 4) is 0 Å². The van der Waals surface area contributed by atoms with Crippen LogP contribution in [0.2, 0.25) is 0 Å². The highest BCUT2D eigenvalue weighted by atomic mass is 32.2. The Morgan fingerprint density at radius 3 is 2.69 bits per heavy atom. The number of benzene rings is 1. The van der Waals surface area contributed by atoms with Gasteiger partial charge in [-0.25, -0.2) is 17.4 Å². The van der Waals surface area contributed by atoms with Crippen LogP contribution in [-0.4, -0.2) is 53.5 Å². The predicted molar refractivity (Wildman–Crippen MR) is 137 cm³/mol. The molecular formula is C25H27N7O2S. The SMILES string of the molecule is O=S(=O)(C1CCCc2cccnc21)n1ccc2cnc(Nc3ccc(N4CCNCC4)cc3)nc21. The quantitative estimate of drug-likeness (QED) is 0.440. The second kappa shape index (κ2) is 8.94. The minimum atomic E-state index is -3.74. The second-order valence-electron chi connectivity index (χ2n) is 8.97. The van der Waals surface area contributed by atoms with Gasteiger partial charge in [0.2, 0.25) is 16.0 Å². The fourth-order valence-corrected chi connectivity index (χ4v) is 6.81. The maximum Gasteiger partial charge on any atom is 0.248 e. The van der Waals surface area contributed by atoms with Crippen molar-refractivity contribution in [3.05, 3.63) is 72.3 Å². The lowest BCUT2D eigenvalue weighted by atomic mass is 9.96. The largest absolute Gasteiger partial charge is 0.369 e. The zero-order valence-electron chi connectivity index (χ0n) is 19.3. The molecule has 4 heterocycles. The minimum absolute atomic E-state index is 0.352. The molecule has 1 unspecified atom stereocenters. The van der Waals surface area contributed by atoms with Crippen molar-refractivity contribution < 1.29 is 8.42 Å². The van der Waals surface area contributed by atoms with Gasteiger partial charge < -0.3 is 15.5 Å². The van der Waals surface area contributed by atoms with Crippen LogP contribution < -0.4 is 15.5 Å². The first-order chi connectivity index (χ1) is 17.1. The third-order valence-corrected chi connectivity index (χ3v) is 8.80. The molecule has 1 aliphatic carbocycles. The van der Waals surface area contributed by atoms with Crippen LogP contribution in [-0.2, 0) is 16.4 Å². The lowest BCUT2D eigenvalue weighted by molar-refractivity contribution is 0.548. The third kappa shape index (κ3) is 4.12. The molecule has 0 bridgehead atoms. The minimum Gasteiger partial charge on any atom is -0.369 e. The molecule has 1 aromatic carbocycles. The molecule has 1 saturated heterocycles. The number of piperazine rings is 1. The number of nitrogens with zero attached hydrogens (tertiary/aromatic N) is 5. The maximum absolute atomic E-state index is 13.7. The lowest BCUT2D eigenvalue weighted by Gasteiger charge is -2.29. The Bertz CT molecular complexity index is 1460. The van der Waals surface area contributed by atoms with E-state index in [2.05, 4.69) is 42.6 Å². The van der Waals surface area contributed by atoms with Crippen LogP contribution in [0.25, 0.3) is 11.0 Å². The van der Waals surface area contributed by atoms with Crippen molar-refractivity contribution in [2.24, 2.45) is 0 Å². The summed E-state index contributed by atoms with van der Waals surface area (Å²) >= 11 is 0. The molecule has 0 amide bonds. The molecule has 6 rings (SSSR count). The van der Waals surface area contributed by atoms with Crippen LogP contribution >= 0.6 is 0 Å². The van der Waals surface area contributed by atoms with E-state index in [9.17, 15) is 8.42 Å². The molecule has 2 aliphatic rings. The summed E-state index contributed by atoms with van der Waals surface area (Å²) in [7, 11) is -3.74. The summed E-state index contributed by atoms with van der Waals surface area (Å²) in [5, 5.41) is 6.56. The highest BCUT2D eigenvalue weighted by Crippen LogP contribution is 2.36. The third-order valence-electron chi connectivity index (χ3n) is 6.78. The topological polar surface area (TPSA) is 105 Å². The van der Waals surface area contributed by atoms with Gasteiger partial charge in [0.1, 0.15) is 5.25 Å². The Balaban J connectivity index is 1.28. The summed E-state index contributed by atoms with van der Waals surface area (Å²) < 4.78 is 28.7. The molecular weight excluding hydrogens is 462 g/mol. The first-order valence-electron chi connectivity index (χ1n) is 11.9. The number of rotatable bonds is 5. The van der Waals surface area contributed by atoms with E-state index in [1.165, 1.54) is 9.66 Å². The summed E-state index contributed by atoms with van der Waals surface area (Å²) in [6.45, 7) is 3.94. The first-order valence-corrected chi connectivity index (χ1v) is 13.4. The zero-order chi connectivity index (χ0) is 23.8. The van der Waals surface area contributed by atoms with Crippen LogP contribution in [0.4, 0.5) is 17.3 Å². The summed E-state index contributed by atoms with van der Waals surface area (Å²) in [5.74, 6) is 0.352. The summed E-state index contributed by atoms with van der Waals surface area (Å²) in [6, 6.07) is 13.7. The van der Waals surface area contributed by atoms with E-state index in [4.69, 9.17) is 0 Å². The number of hydrogen-bond acceptors (Lipinski definition) is 8. The average molecular weight is 490 g/mol. The lowest BCUT2D eigenvalue weighted by Crippen LogP contribution is -2.43. The van der Waals surface area contributed by atoms with Crippen LogP contribution in [0.15, 0.2) is 61.1 Å². The van der Waals surface area contributed by atoms with Gasteiger partial charge in [-0.3, -0.25) is 4.98 Å². The van der Waals surface area contributed by atoms with E-state index >= 15 is 0 Å². The maximum atomic E-state index is 13.7. The van der Waals surface area contributed by atoms with Gasteiger partial charge in [-0.05, 0) is 61.2 Å². The predicted octanol–water partition coefficient (Wildman–Crippen LogP) is 3.24. The number of fused-ring (bicyclic) bond motifs is 2. The second-order valence-corrected chi connectivity index (χ2v) is 11.0. The standard InChI is InChI=1S/C25H27N7O2S/c33-35(34,22-5-1-3-18-4-2-11-27-23(18)22)32-14-10-19-17-28-25(30-24(19)32)29-20-6-8-21(9-7-20)31-15-12-26-13-16-31/h2,4,6-11,14,17,22,26H,1,3,5,12-13,15-16H2,(H,28,29,30). The van der Waals surface area contributed by atoms with Crippen LogP contribution in [0.5, 0.6) is 0 Å². The molecule has 9 nitrogen and oxygen atoms in total. The molecule has 0 radical (unpaired) electrons. The van der Waals surface area contributed by atoms with Crippen molar-refractivity contribution in [3.63, 3.8) is 0 Å². The van der Waals surface area contributed by atoms with Crippen molar-refractivity contribution in [1.82, 2.24) is 24.2 Å². The van der Waals surface area contributed by atoms with Gasteiger partial charge in [-0.1, -0.05) is 6.07 Å². The molecule has 4 aromatic rings. The Morgan fingerprint density at radius 2 is 1.86 bits per heavy atom. The number of hydrogen-bond donors (Lipinski definition) is 2. The molecule has 180 valence electrons. The fraction of sp³-hybridized carbons (Fsp3) is 0.320. The first kappa shape index (κ1) is 22.0. The molecule has 2 N–H and O–H groups in total. The average Bonchev–Trinajstić information content (AvgIpc) is 3.33. The molecule has 35 heavy (non-hydrogen) atoms. The smallest absolute Gasteiger partial charge is 0.248 e. The van der Waals surface area contributed by atoms with Gasteiger partial charge in [-0.15, -0.1) is 0 Å². The number of aryl methyl sites for hydroxylation is 1. The van der Waals surface area contributed by atoms with Gasteiger partial charge >= 0.3 is 0 Å². The molecule has 1 aliphatic heterocycles. The van der Waals surface area contributed by atoms with Crippen molar-refractivity contribution >= 4 is 38.4 Å². The highest BCUT2D eigenvalue weighted by Gasteiger charge is 2.35. The van der Waals surface area contributed by atoms with Crippen LogP contribution in [0, 0.1) is 0 Å². The molecule has 0 spiro atoms. The number of nitrogens with one attached hydrogen (secondary N) is 2. The van der Waals surface area contributed by atoms with Gasteiger partial charge in [0, 0.05) is 61.5 Å². The van der Waals surface area contributed by atoms with E-state index in [0.29, 0.717) is 29.1 Å². The van der Waals surface area contributed by atoms with Crippen LogP contribution in [0.1, 0.15) is 29.3 Å². The van der Waals surface area contributed by atoms with Crippen molar-refractivity contribution in [2.45, 2.75) is 24.5 Å². The van der Waals surface area contributed by atoms with Crippen molar-refractivity contribution in [1.29, 1.82) is 0 Å². The van der Waals surface area contributed by atoms with Gasteiger partial charge in [0.15, 0.2) is 5.65 Å². The molecule has 1 fully saturated rings. The Kier molecular flexibility index (Phi) is 5.62. The Hall–Kier alpha value is -3.50. The summed E-state index contributed by atoms with van der Waals surface area (Å²) in [6.07, 6.45) is 7.09. The number of anilines is 3. The Morgan fingerprint density at radius 1 is 1.03 bits per heavy atom. The van der Waals surface area contributed by atoms with E-state index in [1.54, 1.807) is 24.7 Å². The normalized spacial score (nSPS) is 18.4. The fourth-order valence-electron chi connectivity index (χ4n) is 4.96. The summed E-state index contributed by atoms with van der Waals surface area (Å²) in [4.78, 5) is 15.8. The Labute approximate surface area is 204 Å². The zero-order valence-corrected chi connectivity index (χ0v) is 20.1. The van der Waals surface area contributed by atoms with E-state index < -0.39 is 15.3 Å². The van der Waals surface area contributed by atoms with E-state index in [0.717, 1.165) is 50.3 Å². The summed E-state index contributed by atoms with van der Waals surface area (Å²) in [5.41, 5.74) is 4.04. The number of aromatic nitrogens is 4. The molecule has 0 saturated carbocycles. The van der Waals surface area contributed by atoms with Crippen molar-refractivity contribution in [2.75, 3.05) is 36.4 Å². The number of pyridine rings is 1. The molecule has 10 heteroatoms. The van der Waals surface area contributed by atoms with E-state index in [1.807, 2.05) is 24.3 Å². The molecule has 3 aromatic heterocycles. The van der Waals surface area contributed by atoms with Gasteiger partial charge in [-0.2, -0.15) is 4.98 Å². The van der Waals surface area contributed by atoms with Gasteiger partial charge in [0.05, 0.1) is 5.69 Å². The highest BCUT2D eigenvalue weighted by molar-refractivity contribution is 7.90. The van der Waals surface area contributed by atoms with E-state index in [-0.39, 0.29) is 0 Å². The molecule has 1 atom stereocenters.